The van der Waals surface area contributed by atoms with Crippen molar-refractivity contribution in [2.24, 2.45) is 7.05 Å². The van der Waals surface area contributed by atoms with Crippen molar-refractivity contribution >= 4 is 5.82 Å². The second-order valence-electron chi connectivity index (χ2n) is 3.15. The summed E-state index contributed by atoms with van der Waals surface area (Å²) in [5.74, 6) is 0.819. The van der Waals surface area contributed by atoms with E-state index in [1.165, 1.54) is 0 Å². The average Bonchev–Trinajstić information content (AvgIpc) is 2.53. The molecule has 1 aromatic rings. The predicted octanol–water partition coefficient (Wildman–Crippen LogP) is 0.839. The fraction of sp³-hybridized carbons (Fsp3) is 0.667. The van der Waals surface area contributed by atoms with Crippen LogP contribution >= 0.6 is 0 Å². The van der Waals surface area contributed by atoms with E-state index in [0.29, 0.717) is 0 Å². The molecule has 0 aliphatic carbocycles. The van der Waals surface area contributed by atoms with Gasteiger partial charge in [-0.3, -0.25) is 4.68 Å². The number of aromatic nitrogens is 2. The lowest BCUT2D eigenvalue weighted by atomic mass is 10.3. The first-order valence-corrected chi connectivity index (χ1v) is 4.49. The summed E-state index contributed by atoms with van der Waals surface area (Å²) >= 11 is 0. The van der Waals surface area contributed by atoms with E-state index in [2.05, 4.69) is 10.4 Å². The van der Waals surface area contributed by atoms with Crippen LogP contribution in [0, 0.1) is 0 Å². The third-order valence-corrected chi connectivity index (χ3v) is 1.96. The molecule has 1 rings (SSSR count). The van der Waals surface area contributed by atoms with Gasteiger partial charge in [-0.05, 0) is 6.92 Å². The van der Waals surface area contributed by atoms with E-state index in [0.717, 1.165) is 5.82 Å². The quantitative estimate of drug-likeness (QED) is 0.714. The number of ether oxygens (including phenoxy) is 2. The minimum Gasteiger partial charge on any atom is -0.361 e. The Morgan fingerprint density at radius 1 is 1.43 bits per heavy atom. The molecule has 0 aliphatic rings. The second kappa shape index (κ2) is 4.97. The zero-order valence-electron chi connectivity index (χ0n) is 9.02. The molecule has 5 nitrogen and oxygen atoms in total. The number of anilines is 1. The molecule has 1 aromatic heterocycles. The maximum absolute atomic E-state index is 5.12. The predicted molar refractivity (Wildman–Crippen MR) is 54.1 cm³/mol. The number of rotatable bonds is 5. The van der Waals surface area contributed by atoms with E-state index < -0.39 is 0 Å². The van der Waals surface area contributed by atoms with Crippen LogP contribution in [0.4, 0.5) is 5.82 Å². The van der Waals surface area contributed by atoms with Crippen molar-refractivity contribution in [2.75, 3.05) is 19.5 Å². The van der Waals surface area contributed by atoms with Gasteiger partial charge >= 0.3 is 0 Å². The van der Waals surface area contributed by atoms with Crippen molar-refractivity contribution in [2.45, 2.75) is 19.3 Å². The number of hydrogen-bond donors (Lipinski definition) is 1. The van der Waals surface area contributed by atoms with Crippen LogP contribution in [-0.2, 0) is 16.5 Å². The van der Waals surface area contributed by atoms with Crippen molar-refractivity contribution in [3.63, 3.8) is 0 Å². The first-order valence-electron chi connectivity index (χ1n) is 4.49. The first kappa shape index (κ1) is 11.0. The highest BCUT2D eigenvalue weighted by molar-refractivity contribution is 5.33. The van der Waals surface area contributed by atoms with Gasteiger partial charge in [-0.15, -0.1) is 0 Å². The molecule has 0 amide bonds. The molecule has 0 bridgehead atoms. The Labute approximate surface area is 84.0 Å². The molecular formula is C9H17N3O2. The Morgan fingerprint density at radius 3 is 2.50 bits per heavy atom. The number of methoxy groups -OCH3 is 2. The highest BCUT2D eigenvalue weighted by Gasteiger charge is 2.15. The Balaban J connectivity index is 2.51. The van der Waals surface area contributed by atoms with Crippen molar-refractivity contribution in [3.05, 3.63) is 12.3 Å². The molecule has 0 saturated heterocycles. The Morgan fingerprint density at radius 2 is 2.07 bits per heavy atom. The first-order chi connectivity index (χ1) is 6.67. The van der Waals surface area contributed by atoms with Crippen molar-refractivity contribution in [1.29, 1.82) is 0 Å². The SMILES string of the molecule is COC(OC)C(C)Nc1ccn(C)n1. The average molecular weight is 199 g/mol. The highest BCUT2D eigenvalue weighted by atomic mass is 16.7. The molecule has 5 heteroatoms. The van der Waals surface area contributed by atoms with Crippen LogP contribution in [0.3, 0.4) is 0 Å². The third kappa shape index (κ3) is 2.71. The monoisotopic (exact) mass is 199 g/mol. The minimum atomic E-state index is -0.267. The molecule has 1 N–H and O–H groups in total. The Bertz CT molecular complexity index is 271. The fourth-order valence-electron chi connectivity index (χ4n) is 1.30. The number of nitrogens with one attached hydrogen (secondary N) is 1. The van der Waals surface area contributed by atoms with E-state index in [4.69, 9.17) is 9.47 Å². The number of nitrogens with zero attached hydrogens (tertiary/aromatic N) is 2. The van der Waals surface area contributed by atoms with Crippen molar-refractivity contribution in [1.82, 2.24) is 9.78 Å². The lowest BCUT2D eigenvalue weighted by Gasteiger charge is -2.21. The molecular weight excluding hydrogens is 182 g/mol. The summed E-state index contributed by atoms with van der Waals surface area (Å²) in [6.45, 7) is 1.98. The molecule has 0 saturated carbocycles. The third-order valence-electron chi connectivity index (χ3n) is 1.96. The molecule has 80 valence electrons. The zero-order chi connectivity index (χ0) is 10.6. The van der Waals surface area contributed by atoms with Gasteiger partial charge in [0.15, 0.2) is 6.29 Å². The van der Waals surface area contributed by atoms with Gasteiger partial charge in [0, 0.05) is 33.5 Å². The maximum atomic E-state index is 5.12. The van der Waals surface area contributed by atoms with Crippen molar-refractivity contribution in [3.8, 4) is 0 Å². The van der Waals surface area contributed by atoms with E-state index in [9.17, 15) is 0 Å². The van der Waals surface area contributed by atoms with Crippen LogP contribution in [0.1, 0.15) is 6.92 Å². The molecule has 0 aliphatic heterocycles. The second-order valence-corrected chi connectivity index (χ2v) is 3.15. The van der Waals surface area contributed by atoms with E-state index in [-0.39, 0.29) is 12.3 Å². The van der Waals surface area contributed by atoms with Crippen LogP contribution in [0.5, 0.6) is 0 Å². The zero-order valence-corrected chi connectivity index (χ0v) is 9.02. The summed E-state index contributed by atoms with van der Waals surface area (Å²) < 4.78 is 12.0. The van der Waals surface area contributed by atoms with Gasteiger partial charge in [0.25, 0.3) is 0 Å². The summed E-state index contributed by atoms with van der Waals surface area (Å²) in [5, 5.41) is 7.38. The normalized spacial score (nSPS) is 13.2. The Kier molecular flexibility index (Phi) is 3.91. The van der Waals surface area contributed by atoms with Gasteiger partial charge in [0.05, 0.1) is 6.04 Å². The van der Waals surface area contributed by atoms with Gasteiger partial charge in [-0.2, -0.15) is 5.10 Å². The van der Waals surface area contributed by atoms with Crippen LogP contribution < -0.4 is 5.32 Å². The molecule has 0 fully saturated rings. The summed E-state index contributed by atoms with van der Waals surface area (Å²) in [6, 6.07) is 1.96. The minimum absolute atomic E-state index is 0.0555. The molecule has 14 heavy (non-hydrogen) atoms. The van der Waals surface area contributed by atoms with E-state index in [1.54, 1.807) is 18.9 Å². The fourth-order valence-corrected chi connectivity index (χ4v) is 1.30. The summed E-state index contributed by atoms with van der Waals surface area (Å²) in [7, 11) is 5.11. The topological polar surface area (TPSA) is 48.3 Å². The summed E-state index contributed by atoms with van der Waals surface area (Å²) in [4.78, 5) is 0. The molecule has 0 radical (unpaired) electrons. The van der Waals surface area contributed by atoms with Crippen LogP contribution in [0.15, 0.2) is 12.3 Å². The largest absolute Gasteiger partial charge is 0.361 e. The number of hydrogen-bond acceptors (Lipinski definition) is 4. The van der Waals surface area contributed by atoms with Crippen LogP contribution in [-0.4, -0.2) is 36.3 Å². The molecule has 1 atom stereocenters. The maximum Gasteiger partial charge on any atom is 0.176 e. The smallest absolute Gasteiger partial charge is 0.176 e. The van der Waals surface area contributed by atoms with Crippen LogP contribution in [0.2, 0.25) is 0 Å². The van der Waals surface area contributed by atoms with E-state index in [1.807, 2.05) is 26.2 Å². The standard InChI is InChI=1S/C9H17N3O2/c1-7(9(13-3)14-4)10-8-5-6-12(2)11-8/h5-7,9H,1-4H3,(H,10,11). The molecule has 0 spiro atoms. The van der Waals surface area contributed by atoms with E-state index >= 15 is 0 Å². The lowest BCUT2D eigenvalue weighted by molar-refractivity contribution is -0.109. The lowest BCUT2D eigenvalue weighted by Crippen LogP contribution is -2.33. The van der Waals surface area contributed by atoms with Gasteiger partial charge in [0.2, 0.25) is 0 Å². The summed E-state index contributed by atoms with van der Waals surface area (Å²) in [5.41, 5.74) is 0. The summed E-state index contributed by atoms with van der Waals surface area (Å²) in [6.07, 6.45) is 1.61. The molecule has 1 unspecified atom stereocenters. The molecule has 1 heterocycles. The van der Waals surface area contributed by atoms with Crippen LogP contribution in [0.25, 0.3) is 0 Å². The number of aryl methyl sites for hydroxylation is 1. The van der Waals surface area contributed by atoms with Gasteiger partial charge < -0.3 is 14.8 Å². The van der Waals surface area contributed by atoms with Gasteiger partial charge in [-0.25, -0.2) is 0 Å². The van der Waals surface area contributed by atoms with Gasteiger partial charge in [0.1, 0.15) is 5.82 Å². The molecule has 0 aromatic carbocycles. The van der Waals surface area contributed by atoms with Crippen molar-refractivity contribution < 1.29 is 9.47 Å². The van der Waals surface area contributed by atoms with Gasteiger partial charge in [-0.1, -0.05) is 0 Å². The Hall–Kier alpha value is -1.07. The highest BCUT2D eigenvalue weighted by Crippen LogP contribution is 2.07.